The summed E-state index contributed by atoms with van der Waals surface area (Å²) in [6.45, 7) is 8.13. The standard InChI is InChI=1S/C30H40N4O8/c1-5-9-13-31-25(37)21(26(38)32(29(31)41)14-10-6-2)17-19-23(35)20(24(19)36)18-22-27(39)33(15-11-7-3)30(42)34(28(22)40)16-12-8-4/h17-18,37,39H,5-16H2,1-4H3. The molecule has 2 heterocycles. The first kappa shape index (κ1) is 32.3. The SMILES string of the molecule is CCCCn1c(O)c(C=c2c(=O)c(=Cc3c(O)n(CCCC)c(=O)n(CCCC)c3=O)c2=O)c(=O)n(CCCC)c1=O. The van der Waals surface area contributed by atoms with Crippen LogP contribution in [0.1, 0.15) is 90.2 Å². The lowest BCUT2D eigenvalue weighted by atomic mass is 10.1. The molecular formula is C30H40N4O8. The monoisotopic (exact) mass is 584 g/mol. The number of aromatic nitrogens is 4. The molecule has 1 aromatic carbocycles. The van der Waals surface area contributed by atoms with Gasteiger partial charge in [-0.05, 0) is 37.8 Å². The van der Waals surface area contributed by atoms with Crippen LogP contribution < -0.4 is 43.8 Å². The number of hydrogen-bond donors (Lipinski definition) is 2. The maximum atomic E-state index is 13.2. The van der Waals surface area contributed by atoms with Gasteiger partial charge in [0.05, 0.1) is 10.4 Å². The normalized spacial score (nSPS) is 11.3. The second kappa shape index (κ2) is 14.1. The fourth-order valence-electron chi connectivity index (χ4n) is 4.72. The smallest absolute Gasteiger partial charge is 0.333 e. The van der Waals surface area contributed by atoms with E-state index < -0.39 is 55.6 Å². The average molecular weight is 585 g/mol. The summed E-state index contributed by atoms with van der Waals surface area (Å²) in [5, 5.41) is 20.9. The molecule has 0 spiro atoms. The summed E-state index contributed by atoms with van der Waals surface area (Å²) in [6.07, 6.45) is 7.00. The van der Waals surface area contributed by atoms with Crippen molar-refractivity contribution in [2.75, 3.05) is 0 Å². The molecule has 0 saturated carbocycles. The Morgan fingerprint density at radius 2 is 0.786 bits per heavy atom. The number of hydrogen-bond acceptors (Lipinski definition) is 8. The maximum Gasteiger partial charge on any atom is 0.333 e. The zero-order valence-electron chi connectivity index (χ0n) is 24.8. The van der Waals surface area contributed by atoms with Crippen molar-refractivity contribution in [2.45, 2.75) is 105 Å². The Labute approximate surface area is 241 Å². The van der Waals surface area contributed by atoms with E-state index in [1.54, 1.807) is 0 Å². The van der Waals surface area contributed by atoms with Crippen molar-refractivity contribution in [2.24, 2.45) is 0 Å². The van der Waals surface area contributed by atoms with Crippen molar-refractivity contribution in [1.82, 2.24) is 18.3 Å². The summed E-state index contributed by atoms with van der Waals surface area (Å²) in [6, 6.07) is 0. The molecule has 0 unspecified atom stereocenters. The van der Waals surface area contributed by atoms with Gasteiger partial charge in [0.15, 0.2) is 0 Å². The summed E-state index contributed by atoms with van der Waals surface area (Å²) in [4.78, 5) is 78.4. The minimum absolute atomic E-state index is 0.112. The van der Waals surface area contributed by atoms with E-state index in [2.05, 4.69) is 0 Å². The van der Waals surface area contributed by atoms with Gasteiger partial charge in [0.1, 0.15) is 11.1 Å². The minimum Gasteiger partial charge on any atom is -0.494 e. The molecule has 2 N–H and O–H groups in total. The molecule has 0 bridgehead atoms. The molecule has 0 amide bonds. The lowest BCUT2D eigenvalue weighted by Crippen LogP contribution is -2.64. The summed E-state index contributed by atoms with van der Waals surface area (Å²) >= 11 is 0. The first-order chi connectivity index (χ1) is 20.0. The van der Waals surface area contributed by atoms with Crippen molar-refractivity contribution in [3.8, 4) is 11.8 Å². The van der Waals surface area contributed by atoms with Crippen LogP contribution in [-0.4, -0.2) is 28.5 Å². The van der Waals surface area contributed by atoms with Crippen molar-refractivity contribution in [3.05, 3.63) is 83.7 Å². The van der Waals surface area contributed by atoms with Crippen LogP contribution in [0, 0.1) is 0 Å². The third-order valence-corrected chi connectivity index (χ3v) is 7.36. The third kappa shape index (κ3) is 6.17. The zero-order valence-corrected chi connectivity index (χ0v) is 24.8. The lowest BCUT2D eigenvalue weighted by Gasteiger charge is -2.14. The van der Waals surface area contributed by atoms with Crippen LogP contribution in [0.4, 0.5) is 0 Å². The molecule has 2 aromatic heterocycles. The van der Waals surface area contributed by atoms with Crippen LogP contribution in [0.3, 0.4) is 0 Å². The maximum absolute atomic E-state index is 13.2. The first-order valence-electron chi connectivity index (χ1n) is 14.7. The first-order valence-corrected chi connectivity index (χ1v) is 14.7. The van der Waals surface area contributed by atoms with E-state index in [4.69, 9.17) is 0 Å². The molecule has 0 aliphatic rings. The Kier molecular flexibility index (Phi) is 10.8. The van der Waals surface area contributed by atoms with E-state index in [0.717, 1.165) is 43.3 Å². The largest absolute Gasteiger partial charge is 0.494 e. The molecule has 12 nitrogen and oxygen atoms in total. The summed E-state index contributed by atoms with van der Waals surface area (Å²) in [5.74, 6) is -1.26. The highest BCUT2D eigenvalue weighted by molar-refractivity contribution is 5.58. The van der Waals surface area contributed by atoms with Gasteiger partial charge in [-0.2, -0.15) is 0 Å². The van der Waals surface area contributed by atoms with Crippen LogP contribution in [0.15, 0.2) is 28.8 Å². The fourth-order valence-corrected chi connectivity index (χ4v) is 4.72. The van der Waals surface area contributed by atoms with Crippen LogP contribution in [-0.2, 0) is 26.2 Å². The number of rotatable bonds is 14. The Morgan fingerprint density at radius 1 is 0.500 bits per heavy atom. The molecule has 0 saturated heterocycles. The topological polar surface area (TPSA) is 163 Å². The van der Waals surface area contributed by atoms with Crippen molar-refractivity contribution < 1.29 is 10.2 Å². The highest BCUT2D eigenvalue weighted by atomic mass is 16.3. The van der Waals surface area contributed by atoms with Gasteiger partial charge < -0.3 is 10.2 Å². The van der Waals surface area contributed by atoms with Gasteiger partial charge in [-0.3, -0.25) is 37.4 Å². The molecular weight excluding hydrogens is 544 g/mol. The quantitative estimate of drug-likeness (QED) is 0.272. The van der Waals surface area contributed by atoms with E-state index in [9.17, 15) is 39.0 Å². The highest BCUT2D eigenvalue weighted by Gasteiger charge is 2.21. The molecule has 0 aliphatic heterocycles. The minimum atomic E-state index is -0.816. The molecule has 3 aromatic rings. The zero-order chi connectivity index (χ0) is 31.1. The Bertz CT molecular complexity index is 1720. The fraction of sp³-hybridized carbons (Fsp3) is 0.533. The predicted molar refractivity (Wildman–Crippen MR) is 161 cm³/mol. The highest BCUT2D eigenvalue weighted by Crippen LogP contribution is 2.14. The van der Waals surface area contributed by atoms with Crippen molar-refractivity contribution in [3.63, 3.8) is 0 Å². The molecule has 228 valence electrons. The Hall–Kier alpha value is -4.22. The molecule has 3 rings (SSSR count). The molecule has 42 heavy (non-hydrogen) atoms. The van der Waals surface area contributed by atoms with Gasteiger partial charge in [-0.15, -0.1) is 0 Å². The van der Waals surface area contributed by atoms with E-state index in [-0.39, 0.29) is 37.3 Å². The third-order valence-electron chi connectivity index (χ3n) is 7.36. The van der Waals surface area contributed by atoms with Crippen LogP contribution >= 0.6 is 0 Å². The molecule has 0 atom stereocenters. The summed E-state index contributed by atoms with van der Waals surface area (Å²) in [7, 11) is 0. The second-order valence-electron chi connectivity index (χ2n) is 10.4. The van der Waals surface area contributed by atoms with E-state index in [1.807, 2.05) is 27.7 Å². The van der Waals surface area contributed by atoms with E-state index >= 15 is 0 Å². The summed E-state index contributed by atoms with van der Waals surface area (Å²) in [5.41, 5.74) is -5.26. The van der Waals surface area contributed by atoms with Gasteiger partial charge in [-0.25, -0.2) is 9.59 Å². The molecule has 12 heteroatoms. The molecule has 0 fully saturated rings. The molecule has 0 aliphatic carbocycles. The van der Waals surface area contributed by atoms with Crippen LogP contribution in [0.2, 0.25) is 0 Å². The Balaban J connectivity index is 2.29. The van der Waals surface area contributed by atoms with Gasteiger partial charge in [-0.1, -0.05) is 53.4 Å². The average Bonchev–Trinajstić information content (AvgIpc) is 2.97. The van der Waals surface area contributed by atoms with Gasteiger partial charge in [0.25, 0.3) is 11.1 Å². The molecule has 0 radical (unpaired) electrons. The van der Waals surface area contributed by atoms with Gasteiger partial charge in [0.2, 0.25) is 22.6 Å². The van der Waals surface area contributed by atoms with Crippen LogP contribution in [0.25, 0.3) is 12.2 Å². The van der Waals surface area contributed by atoms with Crippen molar-refractivity contribution >= 4 is 12.2 Å². The van der Waals surface area contributed by atoms with E-state index in [0.29, 0.717) is 38.5 Å². The van der Waals surface area contributed by atoms with Crippen LogP contribution in [0.5, 0.6) is 11.8 Å². The lowest BCUT2D eigenvalue weighted by molar-refractivity contribution is 0.380. The van der Waals surface area contributed by atoms with Gasteiger partial charge >= 0.3 is 11.4 Å². The number of aromatic hydroxyl groups is 2. The van der Waals surface area contributed by atoms with E-state index in [1.165, 1.54) is 0 Å². The number of unbranched alkanes of at least 4 members (excludes halogenated alkanes) is 4. The van der Waals surface area contributed by atoms with Gasteiger partial charge in [0, 0.05) is 26.2 Å². The number of nitrogens with zero attached hydrogens (tertiary/aromatic N) is 4. The second-order valence-corrected chi connectivity index (χ2v) is 10.4. The Morgan fingerprint density at radius 3 is 1.07 bits per heavy atom. The predicted octanol–water partition coefficient (Wildman–Crippen LogP) is 0.199. The van der Waals surface area contributed by atoms with Crippen molar-refractivity contribution in [1.29, 1.82) is 0 Å². The summed E-state index contributed by atoms with van der Waals surface area (Å²) < 4.78 is 4.11.